The number of benzene rings is 2. The van der Waals surface area contributed by atoms with Gasteiger partial charge in [-0.05, 0) is 30.3 Å². The molecule has 1 amide bonds. The number of amides is 1. The van der Waals surface area contributed by atoms with Crippen molar-refractivity contribution in [3.63, 3.8) is 0 Å². The zero-order chi connectivity index (χ0) is 16.4. The second kappa shape index (κ2) is 6.48. The van der Waals surface area contributed by atoms with Crippen LogP contribution in [0.2, 0.25) is 10.0 Å². The average Bonchev–Trinajstić information content (AvgIpc) is 2.54. The van der Waals surface area contributed by atoms with E-state index >= 15 is 0 Å². The largest absolute Gasteiger partial charge is 0.484 e. The maximum atomic E-state index is 12.2. The molecule has 23 heavy (non-hydrogen) atoms. The Bertz CT molecular complexity index is 792. The molecule has 7 heteroatoms. The number of fused-ring (bicyclic) bond motifs is 1. The molecule has 0 aliphatic carbocycles. The second-order valence-corrected chi connectivity index (χ2v) is 5.68. The topological polar surface area (TPSA) is 64.6 Å². The van der Waals surface area contributed by atoms with Crippen molar-refractivity contribution in [2.75, 3.05) is 18.5 Å². The molecule has 2 aromatic rings. The van der Waals surface area contributed by atoms with Gasteiger partial charge in [-0.2, -0.15) is 0 Å². The number of hydrogen-bond donors (Lipinski definition) is 1. The van der Waals surface area contributed by atoms with Crippen molar-refractivity contribution in [2.45, 2.75) is 0 Å². The fraction of sp³-hybridized carbons (Fsp3) is 0.125. The summed E-state index contributed by atoms with van der Waals surface area (Å²) in [4.78, 5) is 23.5. The number of rotatable bonds is 4. The molecule has 1 N–H and O–H groups in total. The number of ether oxygens (including phenoxy) is 2. The monoisotopic (exact) mass is 351 g/mol. The van der Waals surface area contributed by atoms with Crippen LogP contribution in [0.4, 0.5) is 5.69 Å². The van der Waals surface area contributed by atoms with E-state index in [1.807, 2.05) is 0 Å². The molecule has 0 bridgehead atoms. The van der Waals surface area contributed by atoms with Crippen LogP contribution in [0.1, 0.15) is 10.4 Å². The Balaban J connectivity index is 1.72. The van der Waals surface area contributed by atoms with Crippen LogP contribution >= 0.6 is 23.2 Å². The van der Waals surface area contributed by atoms with Crippen LogP contribution in [-0.4, -0.2) is 24.9 Å². The lowest BCUT2D eigenvalue weighted by atomic mass is 10.1. The zero-order valence-corrected chi connectivity index (χ0v) is 13.3. The van der Waals surface area contributed by atoms with E-state index in [9.17, 15) is 9.59 Å². The van der Waals surface area contributed by atoms with Crippen LogP contribution in [-0.2, 0) is 4.79 Å². The summed E-state index contributed by atoms with van der Waals surface area (Å²) < 4.78 is 10.7. The van der Waals surface area contributed by atoms with Crippen molar-refractivity contribution in [1.82, 2.24) is 0 Å². The first-order chi connectivity index (χ1) is 11.0. The van der Waals surface area contributed by atoms with Gasteiger partial charge in [0.1, 0.15) is 11.5 Å². The Kier molecular flexibility index (Phi) is 4.41. The SMILES string of the molecule is O=C1COc2ccc(C(=O)COc3cc(Cl)ccc3Cl)cc2N1. The van der Waals surface area contributed by atoms with Gasteiger partial charge >= 0.3 is 0 Å². The summed E-state index contributed by atoms with van der Waals surface area (Å²) in [5.74, 6) is 0.342. The number of anilines is 1. The highest BCUT2D eigenvalue weighted by atomic mass is 35.5. The number of carbonyl (C=O) groups excluding carboxylic acids is 2. The van der Waals surface area contributed by atoms with E-state index in [1.54, 1.807) is 30.3 Å². The molecule has 1 aliphatic heterocycles. The molecule has 0 aromatic heterocycles. The van der Waals surface area contributed by atoms with E-state index in [1.165, 1.54) is 6.07 Å². The molecule has 3 rings (SSSR count). The molecule has 2 aromatic carbocycles. The Morgan fingerprint density at radius 1 is 1.22 bits per heavy atom. The molecule has 5 nitrogen and oxygen atoms in total. The molecular weight excluding hydrogens is 341 g/mol. The van der Waals surface area contributed by atoms with Crippen molar-refractivity contribution in [2.24, 2.45) is 0 Å². The van der Waals surface area contributed by atoms with Gasteiger partial charge in [-0.25, -0.2) is 0 Å². The summed E-state index contributed by atoms with van der Waals surface area (Å²) in [7, 11) is 0. The van der Waals surface area contributed by atoms with Crippen LogP contribution in [0.15, 0.2) is 36.4 Å². The molecule has 0 saturated carbocycles. The van der Waals surface area contributed by atoms with Crippen molar-refractivity contribution < 1.29 is 19.1 Å². The van der Waals surface area contributed by atoms with E-state index in [0.29, 0.717) is 32.8 Å². The fourth-order valence-corrected chi connectivity index (χ4v) is 2.41. The average molecular weight is 352 g/mol. The minimum Gasteiger partial charge on any atom is -0.484 e. The molecule has 118 valence electrons. The predicted octanol–water partition coefficient (Wildman–Crippen LogP) is 3.59. The Morgan fingerprint density at radius 3 is 2.87 bits per heavy atom. The molecule has 0 spiro atoms. The first-order valence-electron chi connectivity index (χ1n) is 6.70. The summed E-state index contributed by atoms with van der Waals surface area (Å²) in [6, 6.07) is 9.56. The second-order valence-electron chi connectivity index (χ2n) is 4.83. The van der Waals surface area contributed by atoms with Gasteiger partial charge in [-0.1, -0.05) is 23.2 Å². The summed E-state index contributed by atoms with van der Waals surface area (Å²) in [5.41, 5.74) is 0.862. The van der Waals surface area contributed by atoms with E-state index < -0.39 is 0 Å². The number of nitrogens with one attached hydrogen (secondary N) is 1. The van der Waals surface area contributed by atoms with Crippen molar-refractivity contribution in [1.29, 1.82) is 0 Å². The van der Waals surface area contributed by atoms with Crippen LogP contribution < -0.4 is 14.8 Å². The highest BCUT2D eigenvalue weighted by molar-refractivity contribution is 6.34. The zero-order valence-electron chi connectivity index (χ0n) is 11.8. The van der Waals surface area contributed by atoms with E-state index in [0.717, 1.165) is 0 Å². The van der Waals surface area contributed by atoms with Crippen LogP contribution in [0.3, 0.4) is 0 Å². The molecule has 0 unspecified atom stereocenters. The number of halogens is 2. The number of carbonyl (C=O) groups is 2. The normalized spacial score (nSPS) is 12.9. The van der Waals surface area contributed by atoms with Crippen LogP contribution in [0, 0.1) is 0 Å². The maximum Gasteiger partial charge on any atom is 0.262 e. The lowest BCUT2D eigenvalue weighted by Crippen LogP contribution is -2.25. The van der Waals surface area contributed by atoms with Gasteiger partial charge < -0.3 is 14.8 Å². The van der Waals surface area contributed by atoms with E-state index in [-0.39, 0.29) is 24.9 Å². The van der Waals surface area contributed by atoms with Gasteiger partial charge in [-0.15, -0.1) is 0 Å². The van der Waals surface area contributed by atoms with Gasteiger partial charge in [0.25, 0.3) is 5.91 Å². The minimum absolute atomic E-state index is 0.0311. The molecule has 0 atom stereocenters. The van der Waals surface area contributed by atoms with Crippen molar-refractivity contribution >= 4 is 40.6 Å². The summed E-state index contributed by atoms with van der Waals surface area (Å²) in [6.45, 7) is -0.232. The van der Waals surface area contributed by atoms with Crippen LogP contribution in [0.25, 0.3) is 0 Å². The number of Topliss-reactive ketones (excluding diaryl/α,β-unsaturated/α-hetero) is 1. The lowest BCUT2D eigenvalue weighted by Gasteiger charge is -2.18. The standard InChI is InChI=1S/C16H11Cl2NO4/c17-10-2-3-11(18)15(6-10)22-7-13(20)9-1-4-14-12(5-9)19-16(21)8-23-14/h1-6H,7-8H2,(H,19,21). The van der Waals surface area contributed by atoms with Gasteiger partial charge in [-0.3, -0.25) is 9.59 Å². The highest BCUT2D eigenvalue weighted by Crippen LogP contribution is 2.30. The predicted molar refractivity (Wildman–Crippen MR) is 86.9 cm³/mol. The van der Waals surface area contributed by atoms with Gasteiger partial charge in [0.2, 0.25) is 0 Å². The first kappa shape index (κ1) is 15.6. The summed E-state index contributed by atoms with van der Waals surface area (Å²) in [6.07, 6.45) is 0. The molecular formula is C16H11Cl2NO4. The lowest BCUT2D eigenvalue weighted by molar-refractivity contribution is -0.118. The van der Waals surface area contributed by atoms with Crippen molar-refractivity contribution in [3.8, 4) is 11.5 Å². The number of hydrogen-bond acceptors (Lipinski definition) is 4. The maximum absolute atomic E-state index is 12.2. The number of ketones is 1. The molecule has 0 saturated heterocycles. The Hall–Kier alpha value is -2.24. The smallest absolute Gasteiger partial charge is 0.262 e. The summed E-state index contributed by atoms with van der Waals surface area (Å²) >= 11 is 11.8. The third-order valence-corrected chi connectivity index (χ3v) is 3.73. The first-order valence-corrected chi connectivity index (χ1v) is 7.46. The fourth-order valence-electron chi connectivity index (χ4n) is 2.07. The molecule has 0 fully saturated rings. The van der Waals surface area contributed by atoms with Gasteiger partial charge in [0.05, 0.1) is 10.7 Å². The molecule has 1 heterocycles. The Labute approximate surface area is 142 Å². The molecule has 0 radical (unpaired) electrons. The third kappa shape index (κ3) is 3.57. The van der Waals surface area contributed by atoms with Crippen molar-refractivity contribution in [3.05, 3.63) is 52.0 Å². The Morgan fingerprint density at radius 2 is 2.04 bits per heavy atom. The molecule has 1 aliphatic rings. The minimum atomic E-state index is -0.260. The van der Waals surface area contributed by atoms with Gasteiger partial charge in [0.15, 0.2) is 19.0 Å². The third-order valence-electron chi connectivity index (χ3n) is 3.19. The van der Waals surface area contributed by atoms with E-state index in [4.69, 9.17) is 32.7 Å². The van der Waals surface area contributed by atoms with E-state index in [2.05, 4.69) is 5.32 Å². The summed E-state index contributed by atoms with van der Waals surface area (Å²) in [5, 5.41) is 3.48. The highest BCUT2D eigenvalue weighted by Gasteiger charge is 2.18. The van der Waals surface area contributed by atoms with Crippen LogP contribution in [0.5, 0.6) is 11.5 Å². The quantitative estimate of drug-likeness (QED) is 0.855. The van der Waals surface area contributed by atoms with Gasteiger partial charge in [0, 0.05) is 16.7 Å².